The van der Waals surface area contributed by atoms with Gasteiger partial charge in [0.15, 0.2) is 0 Å². The summed E-state index contributed by atoms with van der Waals surface area (Å²) in [7, 11) is 1.68. The number of amides is 1. The van der Waals surface area contributed by atoms with Gasteiger partial charge in [0.05, 0.1) is 30.6 Å². The second-order valence-corrected chi connectivity index (χ2v) is 8.20. The summed E-state index contributed by atoms with van der Waals surface area (Å²) < 4.78 is 5.31. The number of nitrogens with zero attached hydrogens (tertiary/aromatic N) is 2. The number of aromatic nitrogens is 2. The molecule has 0 saturated carbocycles. The van der Waals surface area contributed by atoms with Gasteiger partial charge in [-0.15, -0.1) is 24.8 Å². The monoisotopic (exact) mass is 462 g/mol. The highest BCUT2D eigenvalue weighted by atomic mass is 35.5. The molecule has 0 bridgehead atoms. The van der Waals surface area contributed by atoms with Crippen molar-refractivity contribution in [2.24, 2.45) is 11.8 Å². The topological polar surface area (TPSA) is 70.2 Å². The number of aryl methyl sites for hydroxylation is 1. The van der Waals surface area contributed by atoms with Gasteiger partial charge in [0.1, 0.15) is 11.6 Å². The Labute approximate surface area is 194 Å². The molecule has 31 heavy (non-hydrogen) atoms. The lowest BCUT2D eigenvalue weighted by atomic mass is 9.89. The molecule has 5 rings (SSSR count). The standard InChI is InChI=1S/C23H26N4O2.2ClH/c1-14-25-20-8-3-15(9-21(20)26-14)10-22(28)27-13-17-11-24-12-19(17)23(27)16-4-6-18(29-2)7-5-16;;/h3-9,17,19,23-24H,10-13H2,1-2H3,(H,25,26);2*1H/t17-,19-,23-;;/m0../s1. The Morgan fingerprint density at radius 2 is 1.94 bits per heavy atom. The quantitative estimate of drug-likeness (QED) is 0.620. The van der Waals surface area contributed by atoms with Crippen molar-refractivity contribution in [2.75, 3.05) is 26.7 Å². The minimum absolute atomic E-state index is 0. The van der Waals surface area contributed by atoms with E-state index in [1.165, 1.54) is 5.56 Å². The number of aromatic amines is 1. The predicted molar refractivity (Wildman–Crippen MR) is 126 cm³/mol. The number of carbonyl (C=O) groups excluding carboxylic acids is 1. The van der Waals surface area contributed by atoms with E-state index < -0.39 is 0 Å². The first-order valence-electron chi connectivity index (χ1n) is 10.2. The Bertz CT molecular complexity index is 1050. The molecular weight excluding hydrogens is 435 g/mol. The molecule has 2 fully saturated rings. The lowest BCUT2D eigenvalue weighted by molar-refractivity contribution is -0.131. The first kappa shape index (κ1) is 23.4. The van der Waals surface area contributed by atoms with Crippen molar-refractivity contribution in [3.8, 4) is 5.75 Å². The number of hydrogen-bond donors (Lipinski definition) is 2. The average molecular weight is 463 g/mol. The predicted octanol–water partition coefficient (Wildman–Crippen LogP) is 3.69. The zero-order chi connectivity index (χ0) is 20.0. The Morgan fingerprint density at radius 3 is 2.68 bits per heavy atom. The summed E-state index contributed by atoms with van der Waals surface area (Å²) in [6.45, 7) is 4.71. The third-order valence-corrected chi connectivity index (χ3v) is 6.36. The normalized spacial score (nSPS) is 22.0. The third-order valence-electron chi connectivity index (χ3n) is 6.36. The zero-order valence-electron chi connectivity index (χ0n) is 17.6. The van der Waals surface area contributed by atoms with Crippen LogP contribution >= 0.6 is 24.8 Å². The molecule has 166 valence electrons. The lowest BCUT2D eigenvalue weighted by Gasteiger charge is -2.28. The number of benzene rings is 2. The Morgan fingerprint density at radius 1 is 1.16 bits per heavy atom. The van der Waals surface area contributed by atoms with Gasteiger partial charge in [-0.2, -0.15) is 0 Å². The van der Waals surface area contributed by atoms with Gasteiger partial charge in [-0.1, -0.05) is 18.2 Å². The number of ether oxygens (including phenoxy) is 1. The first-order chi connectivity index (χ1) is 14.1. The van der Waals surface area contributed by atoms with Gasteiger partial charge >= 0.3 is 0 Å². The Hall–Kier alpha value is -2.28. The minimum Gasteiger partial charge on any atom is -0.497 e. The molecule has 3 atom stereocenters. The van der Waals surface area contributed by atoms with Crippen molar-refractivity contribution in [2.45, 2.75) is 19.4 Å². The van der Waals surface area contributed by atoms with E-state index in [9.17, 15) is 4.79 Å². The largest absolute Gasteiger partial charge is 0.497 e. The first-order valence-corrected chi connectivity index (χ1v) is 10.2. The van der Waals surface area contributed by atoms with Crippen LogP contribution in [0.15, 0.2) is 42.5 Å². The van der Waals surface area contributed by atoms with E-state index in [4.69, 9.17) is 4.74 Å². The molecule has 2 aliphatic heterocycles. The van der Waals surface area contributed by atoms with E-state index in [0.29, 0.717) is 18.3 Å². The van der Waals surface area contributed by atoms with E-state index in [-0.39, 0.29) is 36.8 Å². The van der Waals surface area contributed by atoms with Crippen LogP contribution in [0.1, 0.15) is 23.0 Å². The molecular formula is C23H28Cl2N4O2. The van der Waals surface area contributed by atoms with Crippen molar-refractivity contribution in [3.05, 3.63) is 59.4 Å². The maximum Gasteiger partial charge on any atom is 0.227 e. The number of methoxy groups -OCH3 is 1. The molecule has 2 N–H and O–H groups in total. The van der Waals surface area contributed by atoms with Crippen LogP contribution in [0.3, 0.4) is 0 Å². The van der Waals surface area contributed by atoms with E-state index >= 15 is 0 Å². The maximum atomic E-state index is 13.3. The van der Waals surface area contributed by atoms with E-state index in [1.54, 1.807) is 7.11 Å². The summed E-state index contributed by atoms with van der Waals surface area (Å²) in [4.78, 5) is 23.2. The van der Waals surface area contributed by atoms with Gasteiger partial charge in [-0.3, -0.25) is 4.79 Å². The van der Waals surface area contributed by atoms with E-state index in [2.05, 4.69) is 32.3 Å². The number of carbonyl (C=O) groups is 1. The molecule has 1 aromatic heterocycles. The number of rotatable bonds is 4. The molecule has 3 heterocycles. The van der Waals surface area contributed by atoms with Crippen LogP contribution in [0.5, 0.6) is 5.75 Å². The summed E-state index contributed by atoms with van der Waals surface area (Å²) >= 11 is 0. The number of halogens is 2. The minimum atomic E-state index is 0. The second-order valence-electron chi connectivity index (χ2n) is 8.20. The number of hydrogen-bond acceptors (Lipinski definition) is 4. The third kappa shape index (κ3) is 4.38. The summed E-state index contributed by atoms with van der Waals surface area (Å²) in [6, 6.07) is 14.4. The molecule has 2 aromatic carbocycles. The number of H-pyrrole nitrogens is 1. The van der Waals surface area contributed by atoms with Gasteiger partial charge in [-0.25, -0.2) is 4.98 Å². The van der Waals surface area contributed by atoms with Crippen molar-refractivity contribution in [3.63, 3.8) is 0 Å². The number of imidazole rings is 1. The smallest absolute Gasteiger partial charge is 0.227 e. The fourth-order valence-electron chi connectivity index (χ4n) is 4.98. The molecule has 0 radical (unpaired) electrons. The average Bonchev–Trinajstić information content (AvgIpc) is 3.41. The molecule has 6 nitrogen and oxygen atoms in total. The number of fused-ring (bicyclic) bond motifs is 2. The summed E-state index contributed by atoms with van der Waals surface area (Å²) in [5, 5.41) is 3.50. The number of nitrogens with one attached hydrogen (secondary N) is 2. The molecule has 8 heteroatoms. The van der Waals surface area contributed by atoms with Crippen LogP contribution in [0.2, 0.25) is 0 Å². The Balaban J connectivity index is 0.00000136. The van der Waals surface area contributed by atoms with Gasteiger partial charge < -0.3 is 19.9 Å². The van der Waals surface area contributed by atoms with Gasteiger partial charge in [0.2, 0.25) is 5.91 Å². The SMILES string of the molecule is COc1ccc([C@H]2[C@H]3CNC[C@H]3CN2C(=O)Cc2ccc3nc(C)[nH]c3c2)cc1.Cl.Cl. The van der Waals surface area contributed by atoms with Gasteiger partial charge in [0, 0.05) is 25.6 Å². The van der Waals surface area contributed by atoms with Crippen LogP contribution in [0.4, 0.5) is 0 Å². The van der Waals surface area contributed by atoms with Crippen LogP contribution < -0.4 is 10.1 Å². The van der Waals surface area contributed by atoms with Crippen LogP contribution in [0.25, 0.3) is 11.0 Å². The molecule has 2 saturated heterocycles. The van der Waals surface area contributed by atoms with Crippen molar-refractivity contribution in [1.82, 2.24) is 20.2 Å². The van der Waals surface area contributed by atoms with Crippen molar-refractivity contribution < 1.29 is 9.53 Å². The summed E-state index contributed by atoms with van der Waals surface area (Å²) in [6.07, 6.45) is 0.410. The van der Waals surface area contributed by atoms with E-state index in [1.807, 2.05) is 37.3 Å². The van der Waals surface area contributed by atoms with Crippen LogP contribution in [-0.2, 0) is 11.2 Å². The molecule has 0 unspecified atom stereocenters. The zero-order valence-corrected chi connectivity index (χ0v) is 19.3. The second kappa shape index (κ2) is 9.47. The van der Waals surface area contributed by atoms with Crippen molar-refractivity contribution >= 4 is 41.8 Å². The highest BCUT2D eigenvalue weighted by molar-refractivity contribution is 5.85. The molecule has 1 amide bonds. The Kier molecular flexibility index (Phi) is 7.14. The highest BCUT2D eigenvalue weighted by Crippen LogP contribution is 2.43. The van der Waals surface area contributed by atoms with Crippen LogP contribution in [0, 0.1) is 18.8 Å². The summed E-state index contributed by atoms with van der Waals surface area (Å²) in [5.41, 5.74) is 4.14. The highest BCUT2D eigenvalue weighted by Gasteiger charge is 2.46. The fourth-order valence-corrected chi connectivity index (χ4v) is 4.98. The fraction of sp³-hybridized carbons (Fsp3) is 0.391. The summed E-state index contributed by atoms with van der Waals surface area (Å²) in [5.74, 6) is 2.90. The number of likely N-dealkylation sites (tertiary alicyclic amines) is 1. The molecule has 0 spiro atoms. The van der Waals surface area contributed by atoms with Crippen molar-refractivity contribution in [1.29, 1.82) is 0 Å². The van der Waals surface area contributed by atoms with Gasteiger partial charge in [-0.05, 0) is 48.2 Å². The lowest BCUT2D eigenvalue weighted by Crippen LogP contribution is -2.35. The van der Waals surface area contributed by atoms with E-state index in [0.717, 1.165) is 47.8 Å². The molecule has 2 aliphatic rings. The van der Waals surface area contributed by atoms with Gasteiger partial charge in [0.25, 0.3) is 0 Å². The molecule has 0 aliphatic carbocycles. The van der Waals surface area contributed by atoms with Crippen LogP contribution in [-0.4, -0.2) is 47.5 Å². The molecule has 3 aromatic rings. The maximum absolute atomic E-state index is 13.3.